The molecule has 0 bridgehead atoms. The summed E-state index contributed by atoms with van der Waals surface area (Å²) in [7, 11) is 0.339. The van der Waals surface area contributed by atoms with E-state index in [9.17, 15) is 8.42 Å². The van der Waals surface area contributed by atoms with Gasteiger partial charge < -0.3 is 18.4 Å². The number of rotatable bonds is 8. The predicted molar refractivity (Wildman–Crippen MR) is 98.4 cm³/mol. The van der Waals surface area contributed by atoms with E-state index in [1.165, 1.54) is 39.5 Å². The van der Waals surface area contributed by atoms with Crippen LogP contribution in [-0.4, -0.2) is 35.6 Å². The summed E-state index contributed by atoms with van der Waals surface area (Å²) in [5, 5.41) is 0. The standard InChI is InChI=1S/C18H21ClO6S/c1-13-5-8-15(9-6-13)26(20,21)25-16-10-7-14(11-17(16)22-2)18(12-19,23-3)24-4/h5-11H,12H2,1-4H3. The summed E-state index contributed by atoms with van der Waals surface area (Å²) in [5.74, 6) is -0.886. The highest BCUT2D eigenvalue weighted by Gasteiger charge is 2.32. The molecule has 26 heavy (non-hydrogen) atoms. The van der Waals surface area contributed by atoms with Crippen LogP contribution in [0.3, 0.4) is 0 Å². The lowest BCUT2D eigenvalue weighted by molar-refractivity contribution is -0.198. The van der Waals surface area contributed by atoms with Crippen LogP contribution in [0, 0.1) is 6.92 Å². The molecule has 8 heteroatoms. The Hall–Kier alpha value is -1.80. The van der Waals surface area contributed by atoms with Gasteiger partial charge in [0.05, 0.1) is 13.0 Å². The van der Waals surface area contributed by atoms with E-state index in [1.807, 2.05) is 6.92 Å². The fraction of sp³-hybridized carbons (Fsp3) is 0.333. The SMILES string of the molecule is COc1cc(C(CCl)(OC)OC)ccc1OS(=O)(=O)c1ccc(C)cc1. The van der Waals surface area contributed by atoms with Gasteiger partial charge in [-0.05, 0) is 37.3 Å². The van der Waals surface area contributed by atoms with Crippen LogP contribution in [0.4, 0.5) is 0 Å². The van der Waals surface area contributed by atoms with E-state index in [0.717, 1.165) is 5.56 Å². The van der Waals surface area contributed by atoms with Crippen molar-refractivity contribution in [2.45, 2.75) is 17.6 Å². The fourth-order valence-electron chi connectivity index (χ4n) is 2.35. The number of halogens is 1. The molecule has 0 aliphatic carbocycles. The van der Waals surface area contributed by atoms with Crippen molar-refractivity contribution in [1.29, 1.82) is 0 Å². The van der Waals surface area contributed by atoms with Gasteiger partial charge in [0.25, 0.3) is 0 Å². The summed E-state index contributed by atoms with van der Waals surface area (Å²) in [5.41, 5.74) is 1.51. The van der Waals surface area contributed by atoms with Crippen LogP contribution in [0.1, 0.15) is 11.1 Å². The van der Waals surface area contributed by atoms with Gasteiger partial charge in [-0.2, -0.15) is 8.42 Å². The lowest BCUT2D eigenvalue weighted by Gasteiger charge is -2.29. The Morgan fingerprint density at radius 1 is 0.962 bits per heavy atom. The molecular formula is C18H21ClO6S. The number of hydrogen-bond donors (Lipinski definition) is 0. The Labute approximate surface area is 158 Å². The van der Waals surface area contributed by atoms with Crippen molar-refractivity contribution in [1.82, 2.24) is 0 Å². The number of methoxy groups -OCH3 is 3. The highest BCUT2D eigenvalue weighted by Crippen LogP contribution is 2.36. The number of hydrogen-bond acceptors (Lipinski definition) is 6. The molecule has 0 amide bonds. The van der Waals surface area contributed by atoms with Gasteiger partial charge in [0.1, 0.15) is 4.90 Å². The Morgan fingerprint density at radius 3 is 2.08 bits per heavy atom. The molecule has 0 spiro atoms. The normalized spacial score (nSPS) is 12.0. The Bertz CT molecular complexity index is 836. The first kappa shape index (κ1) is 20.5. The van der Waals surface area contributed by atoms with Gasteiger partial charge in [-0.3, -0.25) is 0 Å². The number of benzene rings is 2. The van der Waals surface area contributed by atoms with Crippen LogP contribution in [0.2, 0.25) is 0 Å². The summed E-state index contributed by atoms with van der Waals surface area (Å²) >= 11 is 5.98. The molecule has 0 saturated carbocycles. The molecule has 0 heterocycles. The fourth-order valence-corrected chi connectivity index (χ4v) is 3.66. The van der Waals surface area contributed by atoms with Crippen molar-refractivity contribution in [2.75, 3.05) is 27.2 Å². The molecule has 2 rings (SSSR count). The van der Waals surface area contributed by atoms with Gasteiger partial charge in [-0.15, -0.1) is 11.6 Å². The number of alkyl halides is 1. The molecule has 0 radical (unpaired) electrons. The number of aryl methyl sites for hydroxylation is 1. The minimum atomic E-state index is -4.00. The first-order valence-electron chi connectivity index (χ1n) is 7.68. The highest BCUT2D eigenvalue weighted by atomic mass is 35.5. The van der Waals surface area contributed by atoms with Gasteiger partial charge in [-0.1, -0.05) is 17.7 Å². The third-order valence-corrected chi connectivity index (χ3v) is 5.55. The first-order chi connectivity index (χ1) is 12.3. The smallest absolute Gasteiger partial charge is 0.339 e. The molecule has 0 aliphatic heterocycles. The Kier molecular flexibility index (Phi) is 6.52. The average Bonchev–Trinajstić information content (AvgIpc) is 2.64. The predicted octanol–water partition coefficient (Wildman–Crippen LogP) is 3.46. The van der Waals surface area contributed by atoms with Crippen molar-refractivity contribution in [3.8, 4) is 11.5 Å². The van der Waals surface area contributed by atoms with Crippen LogP contribution in [0.25, 0.3) is 0 Å². The van der Waals surface area contributed by atoms with E-state index in [4.69, 9.17) is 30.0 Å². The second-order valence-electron chi connectivity index (χ2n) is 5.51. The van der Waals surface area contributed by atoms with E-state index in [0.29, 0.717) is 5.56 Å². The zero-order valence-corrected chi connectivity index (χ0v) is 16.6. The maximum atomic E-state index is 12.5. The molecule has 0 fully saturated rings. The molecule has 0 unspecified atom stereocenters. The lowest BCUT2D eigenvalue weighted by Crippen LogP contribution is -2.32. The third-order valence-electron chi connectivity index (χ3n) is 3.95. The van der Waals surface area contributed by atoms with Crippen LogP contribution in [0.5, 0.6) is 11.5 Å². The van der Waals surface area contributed by atoms with Crippen molar-refractivity contribution >= 4 is 21.7 Å². The van der Waals surface area contributed by atoms with Crippen molar-refractivity contribution in [2.24, 2.45) is 0 Å². The topological polar surface area (TPSA) is 71.1 Å². The molecule has 2 aromatic carbocycles. The molecule has 6 nitrogen and oxygen atoms in total. The summed E-state index contributed by atoms with van der Waals surface area (Å²) < 4.78 is 46.2. The van der Waals surface area contributed by atoms with E-state index >= 15 is 0 Å². The molecule has 0 N–H and O–H groups in total. The first-order valence-corrected chi connectivity index (χ1v) is 9.62. The minimum Gasteiger partial charge on any atom is -0.493 e. The van der Waals surface area contributed by atoms with Gasteiger partial charge in [-0.25, -0.2) is 0 Å². The molecule has 142 valence electrons. The zero-order chi connectivity index (χ0) is 19.4. The Balaban J connectivity index is 2.40. The number of ether oxygens (including phenoxy) is 3. The monoisotopic (exact) mass is 400 g/mol. The quantitative estimate of drug-likeness (QED) is 0.384. The van der Waals surface area contributed by atoms with Crippen LogP contribution in [0.15, 0.2) is 47.4 Å². The molecular weight excluding hydrogens is 380 g/mol. The highest BCUT2D eigenvalue weighted by molar-refractivity contribution is 7.87. The molecule has 0 atom stereocenters. The summed E-state index contributed by atoms with van der Waals surface area (Å²) in [6, 6.07) is 11.0. The molecule has 0 aliphatic rings. The Morgan fingerprint density at radius 2 is 1.58 bits per heavy atom. The maximum Gasteiger partial charge on any atom is 0.339 e. The summed E-state index contributed by atoms with van der Waals surface area (Å²) in [6.45, 7) is 1.87. The van der Waals surface area contributed by atoms with Crippen LogP contribution < -0.4 is 8.92 Å². The van der Waals surface area contributed by atoms with E-state index < -0.39 is 15.9 Å². The molecule has 0 aromatic heterocycles. The van der Waals surface area contributed by atoms with E-state index in [-0.39, 0.29) is 22.3 Å². The third kappa shape index (κ3) is 4.12. The van der Waals surface area contributed by atoms with Gasteiger partial charge in [0.15, 0.2) is 11.5 Å². The van der Waals surface area contributed by atoms with Crippen molar-refractivity contribution in [3.63, 3.8) is 0 Å². The van der Waals surface area contributed by atoms with Gasteiger partial charge in [0, 0.05) is 19.8 Å². The average molecular weight is 401 g/mol. The zero-order valence-electron chi connectivity index (χ0n) is 15.0. The maximum absolute atomic E-state index is 12.5. The minimum absolute atomic E-state index is 0.0328. The second kappa shape index (κ2) is 8.26. The largest absolute Gasteiger partial charge is 0.493 e. The van der Waals surface area contributed by atoms with Crippen molar-refractivity contribution in [3.05, 3.63) is 53.6 Å². The van der Waals surface area contributed by atoms with Gasteiger partial charge >= 0.3 is 10.1 Å². The van der Waals surface area contributed by atoms with E-state index in [2.05, 4.69) is 0 Å². The molecule has 0 saturated heterocycles. The van der Waals surface area contributed by atoms with Crippen LogP contribution >= 0.6 is 11.6 Å². The summed E-state index contributed by atoms with van der Waals surface area (Å²) in [6.07, 6.45) is 0. The lowest BCUT2D eigenvalue weighted by atomic mass is 10.1. The van der Waals surface area contributed by atoms with Crippen molar-refractivity contribution < 1.29 is 26.8 Å². The summed E-state index contributed by atoms with van der Waals surface area (Å²) in [4.78, 5) is 0.0538. The second-order valence-corrected chi connectivity index (χ2v) is 7.32. The van der Waals surface area contributed by atoms with Gasteiger partial charge in [0.2, 0.25) is 5.79 Å². The van der Waals surface area contributed by atoms with E-state index in [1.54, 1.807) is 24.3 Å². The van der Waals surface area contributed by atoms with Crippen LogP contribution in [-0.2, 0) is 25.4 Å². The molecule has 2 aromatic rings.